The van der Waals surface area contributed by atoms with Gasteiger partial charge in [-0.3, -0.25) is 4.79 Å². The lowest BCUT2D eigenvalue weighted by molar-refractivity contribution is -0.138. The average molecular weight is 296 g/mol. The highest BCUT2D eigenvalue weighted by Gasteiger charge is 2.27. The zero-order valence-electron chi connectivity index (χ0n) is 13.0. The largest absolute Gasteiger partial charge is 0.481 e. The Hall–Kier alpha value is -1.26. The first-order valence-electron chi connectivity index (χ1n) is 8.29. The van der Waals surface area contributed by atoms with E-state index in [1.807, 2.05) is 0 Å². The second-order valence-electron chi connectivity index (χ2n) is 6.86. The molecule has 1 aliphatic heterocycles. The third-order valence-corrected chi connectivity index (χ3v) is 4.91. The minimum Gasteiger partial charge on any atom is -0.481 e. The van der Waals surface area contributed by atoms with Gasteiger partial charge >= 0.3 is 12.0 Å². The highest BCUT2D eigenvalue weighted by atomic mass is 16.4. The first-order valence-corrected chi connectivity index (χ1v) is 8.29. The summed E-state index contributed by atoms with van der Waals surface area (Å²) in [6.07, 6.45) is 7.31. The molecule has 2 amide bonds. The van der Waals surface area contributed by atoms with E-state index in [1.54, 1.807) is 4.90 Å². The van der Waals surface area contributed by atoms with Gasteiger partial charge in [0.2, 0.25) is 0 Å². The molecule has 1 saturated carbocycles. The van der Waals surface area contributed by atoms with Crippen molar-refractivity contribution in [2.24, 2.45) is 17.8 Å². The number of carboxylic acids is 1. The molecule has 2 N–H and O–H groups in total. The predicted molar refractivity (Wildman–Crippen MR) is 81.1 cm³/mol. The number of carbonyl (C=O) groups is 2. The Morgan fingerprint density at radius 3 is 2.76 bits per heavy atom. The molecule has 2 rings (SSSR count). The zero-order valence-corrected chi connectivity index (χ0v) is 13.0. The number of nitrogens with one attached hydrogen (secondary N) is 1. The van der Waals surface area contributed by atoms with E-state index in [2.05, 4.69) is 12.2 Å². The molecule has 0 aromatic heterocycles. The number of nitrogens with zero attached hydrogens (tertiary/aromatic N) is 1. The van der Waals surface area contributed by atoms with Gasteiger partial charge in [-0.25, -0.2) is 4.79 Å². The summed E-state index contributed by atoms with van der Waals surface area (Å²) in [5.74, 6) is 0.934. The van der Waals surface area contributed by atoms with E-state index < -0.39 is 5.97 Å². The second kappa shape index (κ2) is 7.66. The van der Waals surface area contributed by atoms with E-state index in [9.17, 15) is 9.59 Å². The van der Waals surface area contributed by atoms with Gasteiger partial charge in [-0.2, -0.15) is 0 Å². The molecule has 0 radical (unpaired) electrons. The number of amides is 2. The summed E-state index contributed by atoms with van der Waals surface area (Å²) in [7, 11) is 0. The fourth-order valence-corrected chi connectivity index (χ4v) is 3.75. The van der Waals surface area contributed by atoms with Crippen LogP contribution in [0.15, 0.2) is 0 Å². The average Bonchev–Trinajstić information content (AvgIpc) is 2.86. The van der Waals surface area contributed by atoms with Crippen molar-refractivity contribution in [3.8, 4) is 0 Å². The van der Waals surface area contributed by atoms with Crippen LogP contribution in [-0.4, -0.2) is 41.6 Å². The van der Waals surface area contributed by atoms with Crippen LogP contribution in [0.5, 0.6) is 0 Å². The molecule has 1 saturated heterocycles. The fourth-order valence-electron chi connectivity index (χ4n) is 3.75. The first-order chi connectivity index (χ1) is 10.0. The lowest BCUT2D eigenvalue weighted by atomic mass is 9.81. The van der Waals surface area contributed by atoms with Crippen LogP contribution in [0.2, 0.25) is 0 Å². The van der Waals surface area contributed by atoms with Crippen LogP contribution in [0.3, 0.4) is 0 Å². The summed E-state index contributed by atoms with van der Waals surface area (Å²) < 4.78 is 0. The van der Waals surface area contributed by atoms with Crippen LogP contribution in [0, 0.1) is 17.8 Å². The van der Waals surface area contributed by atoms with Gasteiger partial charge in [0, 0.05) is 26.1 Å². The van der Waals surface area contributed by atoms with Crippen molar-refractivity contribution in [2.45, 2.75) is 51.9 Å². The van der Waals surface area contributed by atoms with E-state index in [1.165, 1.54) is 25.7 Å². The summed E-state index contributed by atoms with van der Waals surface area (Å²) in [6.45, 7) is 4.33. The number of carboxylic acid groups (broad SMARTS) is 1. The summed E-state index contributed by atoms with van der Waals surface area (Å²) in [5.41, 5.74) is 0. The molecule has 2 aliphatic rings. The molecular weight excluding hydrogens is 268 g/mol. The van der Waals surface area contributed by atoms with Gasteiger partial charge in [0.15, 0.2) is 0 Å². The van der Waals surface area contributed by atoms with Gasteiger partial charge in [-0.1, -0.05) is 26.2 Å². The van der Waals surface area contributed by atoms with Crippen molar-refractivity contribution in [3.63, 3.8) is 0 Å². The molecule has 5 heteroatoms. The van der Waals surface area contributed by atoms with Crippen LogP contribution in [0.25, 0.3) is 0 Å². The Labute approximate surface area is 127 Å². The highest BCUT2D eigenvalue weighted by molar-refractivity contribution is 5.74. The maximum atomic E-state index is 12.1. The summed E-state index contributed by atoms with van der Waals surface area (Å²) in [4.78, 5) is 24.5. The van der Waals surface area contributed by atoms with Crippen molar-refractivity contribution in [2.75, 3.05) is 19.6 Å². The van der Waals surface area contributed by atoms with Crippen LogP contribution in [0.4, 0.5) is 4.79 Å². The lowest BCUT2D eigenvalue weighted by Gasteiger charge is -2.27. The first kappa shape index (κ1) is 16.1. The number of aliphatic carboxylic acids is 1. The molecule has 1 heterocycles. The topological polar surface area (TPSA) is 69.6 Å². The maximum Gasteiger partial charge on any atom is 0.317 e. The number of carbonyl (C=O) groups excluding carboxylic acids is 1. The number of hydrogen-bond donors (Lipinski definition) is 2. The molecule has 1 aliphatic carbocycles. The molecule has 21 heavy (non-hydrogen) atoms. The molecule has 2 fully saturated rings. The Balaban J connectivity index is 1.62. The number of urea groups is 1. The third kappa shape index (κ3) is 5.21. The zero-order chi connectivity index (χ0) is 15.2. The minimum absolute atomic E-state index is 0.0215. The molecule has 3 atom stereocenters. The molecular formula is C16H28N2O3. The number of likely N-dealkylation sites (tertiary alicyclic amines) is 1. The molecule has 0 aromatic carbocycles. The fraction of sp³-hybridized carbons (Fsp3) is 0.875. The van der Waals surface area contributed by atoms with Crippen molar-refractivity contribution < 1.29 is 14.7 Å². The van der Waals surface area contributed by atoms with Gasteiger partial charge < -0.3 is 15.3 Å². The van der Waals surface area contributed by atoms with Crippen LogP contribution < -0.4 is 5.32 Å². The van der Waals surface area contributed by atoms with Crippen LogP contribution in [-0.2, 0) is 4.79 Å². The summed E-state index contributed by atoms with van der Waals surface area (Å²) in [5, 5.41) is 11.8. The standard InChI is InChI=1S/C16H28N2O3/c1-12-3-2-4-13(9-12)5-7-17-16(21)18-8-6-14(11-18)10-15(19)20/h12-14H,2-11H2,1H3,(H,17,21)(H,19,20). The van der Waals surface area contributed by atoms with Crippen molar-refractivity contribution in [1.82, 2.24) is 10.2 Å². The van der Waals surface area contributed by atoms with E-state index >= 15 is 0 Å². The summed E-state index contributed by atoms with van der Waals surface area (Å²) >= 11 is 0. The van der Waals surface area contributed by atoms with E-state index in [-0.39, 0.29) is 18.4 Å². The van der Waals surface area contributed by atoms with Crippen molar-refractivity contribution in [1.29, 1.82) is 0 Å². The maximum absolute atomic E-state index is 12.1. The number of hydrogen-bond acceptors (Lipinski definition) is 2. The third-order valence-electron chi connectivity index (χ3n) is 4.91. The second-order valence-corrected chi connectivity index (χ2v) is 6.86. The van der Waals surface area contributed by atoms with E-state index in [0.29, 0.717) is 13.1 Å². The Bertz CT molecular complexity index is 373. The van der Waals surface area contributed by atoms with Crippen LogP contribution in [0.1, 0.15) is 51.9 Å². The molecule has 3 unspecified atom stereocenters. The van der Waals surface area contributed by atoms with Gasteiger partial charge in [0.1, 0.15) is 0 Å². The number of rotatable bonds is 5. The van der Waals surface area contributed by atoms with Crippen molar-refractivity contribution >= 4 is 12.0 Å². The monoisotopic (exact) mass is 296 g/mol. The highest BCUT2D eigenvalue weighted by Crippen LogP contribution is 2.30. The Morgan fingerprint density at radius 1 is 1.24 bits per heavy atom. The SMILES string of the molecule is CC1CCCC(CCNC(=O)N2CCC(CC(=O)O)C2)C1. The van der Waals surface area contributed by atoms with Gasteiger partial charge in [-0.05, 0) is 37.0 Å². The molecule has 0 bridgehead atoms. The van der Waals surface area contributed by atoms with E-state index in [4.69, 9.17) is 5.11 Å². The smallest absolute Gasteiger partial charge is 0.317 e. The summed E-state index contributed by atoms with van der Waals surface area (Å²) in [6, 6.07) is -0.0215. The predicted octanol–water partition coefficient (Wildman–Crippen LogP) is 2.71. The molecule has 0 aromatic rings. The molecule has 0 spiro atoms. The van der Waals surface area contributed by atoms with Crippen LogP contribution >= 0.6 is 0 Å². The molecule has 120 valence electrons. The quantitative estimate of drug-likeness (QED) is 0.819. The Kier molecular flexibility index (Phi) is 5.88. The Morgan fingerprint density at radius 2 is 2.05 bits per heavy atom. The van der Waals surface area contributed by atoms with Crippen molar-refractivity contribution in [3.05, 3.63) is 0 Å². The van der Waals surface area contributed by atoms with Gasteiger partial charge in [0.25, 0.3) is 0 Å². The lowest BCUT2D eigenvalue weighted by Crippen LogP contribution is -2.39. The van der Waals surface area contributed by atoms with Gasteiger partial charge in [0.05, 0.1) is 0 Å². The van der Waals surface area contributed by atoms with Gasteiger partial charge in [-0.15, -0.1) is 0 Å². The minimum atomic E-state index is -0.770. The van der Waals surface area contributed by atoms with E-state index in [0.717, 1.165) is 31.2 Å². The molecule has 5 nitrogen and oxygen atoms in total. The normalized spacial score (nSPS) is 29.4.